The van der Waals surface area contributed by atoms with Crippen molar-refractivity contribution >= 4 is 34.8 Å². The van der Waals surface area contributed by atoms with Crippen LogP contribution in [0.3, 0.4) is 0 Å². The number of fused-ring (bicyclic) bond motifs is 1. The predicted molar refractivity (Wildman–Crippen MR) is 145 cm³/mol. The largest absolute Gasteiger partial charge is 0.459 e. The van der Waals surface area contributed by atoms with Gasteiger partial charge < -0.3 is 29.9 Å². The van der Waals surface area contributed by atoms with Gasteiger partial charge in [-0.15, -0.1) is 0 Å². The third kappa shape index (κ3) is 7.11. The third-order valence-corrected chi connectivity index (χ3v) is 6.32. The summed E-state index contributed by atoms with van der Waals surface area (Å²) in [6.07, 6.45) is -1.59. The Hall–Kier alpha value is -3.79. The fourth-order valence-electron chi connectivity index (χ4n) is 4.59. The molecule has 0 amide bonds. The highest BCUT2D eigenvalue weighted by Crippen LogP contribution is 2.33. The molecular weight excluding hydrogens is 545 g/mol. The van der Waals surface area contributed by atoms with Crippen LogP contribution in [0.1, 0.15) is 20.8 Å². The summed E-state index contributed by atoms with van der Waals surface area (Å²) < 4.78 is 53.4. The van der Waals surface area contributed by atoms with Gasteiger partial charge in [0.25, 0.3) is 0 Å². The van der Waals surface area contributed by atoms with Crippen molar-refractivity contribution < 1.29 is 27.4 Å². The van der Waals surface area contributed by atoms with Crippen molar-refractivity contribution in [3.63, 3.8) is 0 Å². The summed E-state index contributed by atoms with van der Waals surface area (Å²) in [6, 6.07) is 0. The number of carbonyl (C=O) groups excluding carboxylic acids is 1. The van der Waals surface area contributed by atoms with Gasteiger partial charge in [0.05, 0.1) is 18.8 Å². The molecule has 2 aliphatic rings. The van der Waals surface area contributed by atoms with E-state index < -0.39 is 24.3 Å². The Labute approximate surface area is 234 Å². The number of piperazine rings is 1. The Bertz CT molecular complexity index is 1360. The highest BCUT2D eigenvalue weighted by atomic mass is 19.4. The van der Waals surface area contributed by atoms with Gasteiger partial charge in [0.1, 0.15) is 18.7 Å². The van der Waals surface area contributed by atoms with E-state index in [0.717, 1.165) is 4.57 Å². The van der Waals surface area contributed by atoms with Crippen LogP contribution in [-0.2, 0) is 20.8 Å². The number of nitrogens with zero attached hydrogens (tertiary/aromatic N) is 8. The first-order valence-electron chi connectivity index (χ1n) is 13.4. The van der Waals surface area contributed by atoms with E-state index in [1.807, 2.05) is 9.80 Å². The zero-order valence-corrected chi connectivity index (χ0v) is 23.2. The van der Waals surface area contributed by atoms with E-state index in [1.165, 1.54) is 12.4 Å². The molecule has 41 heavy (non-hydrogen) atoms. The predicted octanol–water partition coefficient (Wildman–Crippen LogP) is 1.85. The van der Waals surface area contributed by atoms with Crippen LogP contribution in [0.4, 0.5) is 30.9 Å². The van der Waals surface area contributed by atoms with Crippen LogP contribution in [0.2, 0.25) is 0 Å². The lowest BCUT2D eigenvalue weighted by Gasteiger charge is -2.28. The second kappa shape index (κ2) is 11.6. The zero-order chi connectivity index (χ0) is 29.2. The number of esters is 1. The molecule has 0 bridgehead atoms. The van der Waals surface area contributed by atoms with Gasteiger partial charge in [-0.1, -0.05) is 0 Å². The monoisotopic (exact) mass is 578 g/mol. The number of anilines is 3. The Morgan fingerprint density at radius 3 is 2.34 bits per heavy atom. The van der Waals surface area contributed by atoms with E-state index in [2.05, 4.69) is 30.6 Å². The highest BCUT2D eigenvalue weighted by Gasteiger charge is 2.34. The van der Waals surface area contributed by atoms with Gasteiger partial charge in [0.2, 0.25) is 11.9 Å². The molecule has 0 spiro atoms. The minimum absolute atomic E-state index is 0.0782. The number of hydrogen-bond acceptors (Lipinski definition) is 12. The van der Waals surface area contributed by atoms with Gasteiger partial charge >= 0.3 is 12.1 Å². The molecule has 2 aliphatic heterocycles. The lowest BCUT2D eigenvalue weighted by molar-refractivity contribution is -0.152. The maximum absolute atomic E-state index is 13.8. The van der Waals surface area contributed by atoms with Crippen molar-refractivity contribution in [3.05, 3.63) is 12.4 Å². The molecule has 2 N–H and O–H groups in total. The average Bonchev–Trinajstić information content (AvgIpc) is 3.28. The van der Waals surface area contributed by atoms with Crippen LogP contribution in [0, 0.1) is 0 Å². The number of aromatic nitrogens is 6. The first kappa shape index (κ1) is 28.7. The number of hydrogen-bond donors (Lipinski definition) is 2. The first-order chi connectivity index (χ1) is 19.5. The van der Waals surface area contributed by atoms with E-state index in [1.54, 1.807) is 20.8 Å². The molecule has 3 aromatic heterocycles. The third-order valence-electron chi connectivity index (χ3n) is 6.32. The number of nitrogens with one attached hydrogen (secondary N) is 2. The van der Waals surface area contributed by atoms with Crippen LogP contribution in [0.25, 0.3) is 22.6 Å². The number of imidazole rings is 1. The summed E-state index contributed by atoms with van der Waals surface area (Å²) in [5.41, 5.74) is 0.147. The summed E-state index contributed by atoms with van der Waals surface area (Å²) in [5.74, 6) is 0.507. The maximum atomic E-state index is 13.8. The molecule has 222 valence electrons. The lowest BCUT2D eigenvalue weighted by atomic mass is 10.2. The Kier molecular flexibility index (Phi) is 8.13. The number of halogens is 3. The SMILES string of the molecule is CC(C)(C)OC(=O)CNc1ncc(-c2nc(N3CCOCC3)c3nc(N4CCNCC4)n(CC(F)(F)F)c3n2)cn1. The van der Waals surface area contributed by atoms with Crippen LogP contribution in [-0.4, -0.2) is 106 Å². The normalized spacial score (nSPS) is 16.7. The van der Waals surface area contributed by atoms with Crippen molar-refractivity contribution in [3.8, 4) is 11.4 Å². The summed E-state index contributed by atoms with van der Waals surface area (Å²) in [7, 11) is 0. The van der Waals surface area contributed by atoms with Crippen LogP contribution in [0.15, 0.2) is 12.4 Å². The van der Waals surface area contributed by atoms with Crippen LogP contribution < -0.4 is 20.4 Å². The fraction of sp³-hybridized carbons (Fsp3) is 0.600. The van der Waals surface area contributed by atoms with E-state index >= 15 is 0 Å². The molecule has 0 unspecified atom stereocenters. The van der Waals surface area contributed by atoms with Crippen LogP contribution >= 0.6 is 0 Å². The molecule has 5 heterocycles. The Morgan fingerprint density at radius 1 is 1.02 bits per heavy atom. The molecule has 0 aliphatic carbocycles. The second-order valence-corrected chi connectivity index (χ2v) is 10.7. The summed E-state index contributed by atoms with van der Waals surface area (Å²) in [6.45, 7) is 8.14. The number of ether oxygens (including phenoxy) is 2. The molecule has 13 nitrogen and oxygen atoms in total. The Balaban J connectivity index is 1.53. The molecule has 2 saturated heterocycles. The van der Waals surface area contributed by atoms with Crippen LogP contribution in [0.5, 0.6) is 0 Å². The molecule has 0 saturated carbocycles. The van der Waals surface area contributed by atoms with E-state index in [-0.39, 0.29) is 29.9 Å². The minimum atomic E-state index is -4.49. The van der Waals surface area contributed by atoms with Crippen molar-refractivity contribution in [1.29, 1.82) is 0 Å². The summed E-state index contributed by atoms with van der Waals surface area (Å²) >= 11 is 0. The quantitative estimate of drug-likeness (QED) is 0.396. The molecule has 16 heteroatoms. The van der Waals surface area contributed by atoms with Gasteiger partial charge in [-0.3, -0.25) is 9.36 Å². The van der Waals surface area contributed by atoms with E-state index in [0.29, 0.717) is 69.4 Å². The van der Waals surface area contributed by atoms with E-state index in [9.17, 15) is 18.0 Å². The lowest BCUT2D eigenvalue weighted by Crippen LogP contribution is -2.45. The molecule has 3 aromatic rings. The molecule has 2 fully saturated rings. The fourth-order valence-corrected chi connectivity index (χ4v) is 4.59. The standard InChI is InChI=1S/C25H33F3N10O3/c1-24(2,3)41-17(39)14-32-22-30-12-16(13-31-22)19-34-20(36-8-10-40-11-9-36)18-21(35-19)38(15-25(26,27)28)23(33-18)37-6-4-29-5-7-37/h12-13,29H,4-11,14-15H2,1-3H3,(H,30,31,32). The Morgan fingerprint density at radius 2 is 1.71 bits per heavy atom. The number of carbonyl (C=O) groups is 1. The molecule has 0 aromatic carbocycles. The summed E-state index contributed by atoms with van der Waals surface area (Å²) in [5, 5.41) is 6.02. The molecule has 0 radical (unpaired) electrons. The second-order valence-electron chi connectivity index (χ2n) is 10.7. The first-order valence-corrected chi connectivity index (χ1v) is 13.4. The highest BCUT2D eigenvalue weighted by molar-refractivity contribution is 5.88. The number of morpholine rings is 1. The van der Waals surface area contributed by atoms with Gasteiger partial charge in [-0.25, -0.2) is 24.9 Å². The molecule has 5 rings (SSSR count). The number of alkyl halides is 3. The maximum Gasteiger partial charge on any atom is 0.406 e. The van der Waals surface area contributed by atoms with E-state index in [4.69, 9.17) is 14.5 Å². The van der Waals surface area contributed by atoms with Crippen molar-refractivity contribution in [2.45, 2.75) is 39.1 Å². The van der Waals surface area contributed by atoms with Crippen molar-refractivity contribution in [2.24, 2.45) is 0 Å². The van der Waals surface area contributed by atoms with Crippen molar-refractivity contribution in [1.82, 2.24) is 34.8 Å². The minimum Gasteiger partial charge on any atom is -0.459 e. The molecule has 0 atom stereocenters. The average molecular weight is 579 g/mol. The van der Waals surface area contributed by atoms with Crippen molar-refractivity contribution in [2.75, 3.05) is 74.1 Å². The summed E-state index contributed by atoms with van der Waals surface area (Å²) in [4.78, 5) is 38.3. The van der Waals surface area contributed by atoms with Gasteiger partial charge in [-0.05, 0) is 20.8 Å². The van der Waals surface area contributed by atoms with Gasteiger partial charge in [0.15, 0.2) is 22.8 Å². The number of rotatable bonds is 7. The molecular formula is C25H33F3N10O3. The smallest absolute Gasteiger partial charge is 0.406 e. The topological polar surface area (TPSA) is 135 Å². The van der Waals surface area contributed by atoms with Gasteiger partial charge in [0, 0.05) is 51.7 Å². The van der Waals surface area contributed by atoms with Gasteiger partial charge in [-0.2, -0.15) is 13.2 Å². The zero-order valence-electron chi connectivity index (χ0n) is 23.2.